The van der Waals surface area contributed by atoms with Crippen molar-refractivity contribution in [2.24, 2.45) is 7.05 Å². The lowest BCUT2D eigenvalue weighted by Gasteiger charge is -2.08. The molecule has 0 amide bonds. The smallest absolute Gasteiger partial charge is 0.339 e. The second-order valence-corrected chi connectivity index (χ2v) is 6.31. The molecule has 2 N–H and O–H groups in total. The number of aromatic carboxylic acids is 1. The molecule has 0 aliphatic heterocycles. The largest absolute Gasteiger partial charge is 0.507 e. The molecule has 0 bridgehead atoms. The van der Waals surface area contributed by atoms with Gasteiger partial charge in [0.25, 0.3) is 0 Å². The summed E-state index contributed by atoms with van der Waals surface area (Å²) in [7, 11) is 1.92. The highest BCUT2D eigenvalue weighted by Gasteiger charge is 2.20. The van der Waals surface area contributed by atoms with Crippen LogP contribution in [0.2, 0.25) is 0 Å². The van der Waals surface area contributed by atoms with Crippen molar-refractivity contribution >= 4 is 39.5 Å². The molecular formula is C17H14INO3. The zero-order valence-corrected chi connectivity index (χ0v) is 14.2. The molecule has 22 heavy (non-hydrogen) atoms. The number of fused-ring (bicyclic) bond motifs is 1. The number of hydrogen-bond donors (Lipinski definition) is 2. The standard InChI is InChI=1S/C17H14INO3/c1-9-5-3-4-6-10(9)16-15(18)11-7-12(17(21)22)14(20)8-13(11)19(16)2/h3-8,20H,1-2H3,(H,21,22). The first-order valence-corrected chi connectivity index (χ1v) is 7.80. The van der Waals surface area contributed by atoms with E-state index in [4.69, 9.17) is 0 Å². The molecule has 3 rings (SSSR count). The number of carbonyl (C=O) groups is 1. The van der Waals surface area contributed by atoms with Gasteiger partial charge < -0.3 is 14.8 Å². The summed E-state index contributed by atoms with van der Waals surface area (Å²) in [6, 6.07) is 11.1. The summed E-state index contributed by atoms with van der Waals surface area (Å²) < 4.78 is 2.97. The van der Waals surface area contributed by atoms with E-state index in [-0.39, 0.29) is 11.3 Å². The molecule has 0 atom stereocenters. The van der Waals surface area contributed by atoms with Gasteiger partial charge in [-0.2, -0.15) is 0 Å². The molecule has 0 saturated carbocycles. The molecule has 3 aromatic rings. The molecule has 4 nitrogen and oxygen atoms in total. The van der Waals surface area contributed by atoms with Crippen molar-refractivity contribution in [3.8, 4) is 17.0 Å². The van der Waals surface area contributed by atoms with Crippen LogP contribution in [0.1, 0.15) is 15.9 Å². The molecule has 1 aromatic heterocycles. The summed E-state index contributed by atoms with van der Waals surface area (Å²) in [6.07, 6.45) is 0. The first-order chi connectivity index (χ1) is 10.4. The zero-order chi connectivity index (χ0) is 16.0. The number of aryl methyl sites for hydroxylation is 2. The summed E-state index contributed by atoms with van der Waals surface area (Å²) in [5.74, 6) is -1.34. The van der Waals surface area contributed by atoms with E-state index < -0.39 is 5.97 Å². The maximum Gasteiger partial charge on any atom is 0.339 e. The van der Waals surface area contributed by atoms with Gasteiger partial charge in [-0.3, -0.25) is 0 Å². The highest BCUT2D eigenvalue weighted by molar-refractivity contribution is 14.1. The van der Waals surface area contributed by atoms with Crippen molar-refractivity contribution in [2.45, 2.75) is 6.92 Å². The number of carboxylic acid groups (broad SMARTS) is 1. The van der Waals surface area contributed by atoms with Gasteiger partial charge >= 0.3 is 5.97 Å². The Labute approximate surface area is 141 Å². The van der Waals surface area contributed by atoms with Crippen LogP contribution in [0.25, 0.3) is 22.2 Å². The molecule has 2 aromatic carbocycles. The molecule has 0 fully saturated rings. The van der Waals surface area contributed by atoms with Gasteiger partial charge in [0, 0.05) is 27.6 Å². The number of hydrogen-bond acceptors (Lipinski definition) is 2. The Kier molecular flexibility index (Phi) is 3.60. The predicted octanol–water partition coefficient (Wildman–Crippen LogP) is 4.16. The van der Waals surface area contributed by atoms with Gasteiger partial charge in [-0.25, -0.2) is 4.79 Å². The van der Waals surface area contributed by atoms with E-state index in [0.717, 1.165) is 31.3 Å². The van der Waals surface area contributed by atoms with Crippen LogP contribution in [0.3, 0.4) is 0 Å². The summed E-state index contributed by atoms with van der Waals surface area (Å²) in [4.78, 5) is 11.2. The Morgan fingerprint density at radius 2 is 1.91 bits per heavy atom. The molecule has 0 spiro atoms. The molecule has 0 saturated heterocycles. The number of carboxylic acids is 1. The van der Waals surface area contributed by atoms with Crippen LogP contribution < -0.4 is 0 Å². The molecule has 0 unspecified atom stereocenters. The van der Waals surface area contributed by atoms with Crippen LogP contribution in [0, 0.1) is 10.5 Å². The third-order valence-electron chi connectivity index (χ3n) is 3.89. The second-order valence-electron chi connectivity index (χ2n) is 5.23. The molecule has 112 valence electrons. The van der Waals surface area contributed by atoms with E-state index in [1.807, 2.05) is 42.8 Å². The SMILES string of the molecule is Cc1ccccc1-c1c(I)c2cc(C(=O)O)c(O)cc2n1C. The summed E-state index contributed by atoms with van der Waals surface area (Å²) >= 11 is 2.24. The summed E-state index contributed by atoms with van der Waals surface area (Å²) in [6.45, 7) is 2.04. The van der Waals surface area contributed by atoms with Gasteiger partial charge in [-0.05, 0) is 41.1 Å². The van der Waals surface area contributed by atoms with Gasteiger partial charge in [-0.1, -0.05) is 24.3 Å². The maximum atomic E-state index is 11.2. The Bertz CT molecular complexity index is 912. The quantitative estimate of drug-likeness (QED) is 0.628. The van der Waals surface area contributed by atoms with Gasteiger partial charge in [-0.15, -0.1) is 0 Å². The number of benzene rings is 2. The average Bonchev–Trinajstić information content (AvgIpc) is 2.70. The van der Waals surface area contributed by atoms with Gasteiger partial charge in [0.15, 0.2) is 0 Å². The molecule has 0 aliphatic rings. The number of nitrogens with zero attached hydrogens (tertiary/aromatic N) is 1. The van der Waals surface area contributed by atoms with Gasteiger partial charge in [0.05, 0.1) is 11.2 Å². The fourth-order valence-corrected chi connectivity index (χ4v) is 3.82. The van der Waals surface area contributed by atoms with Crippen LogP contribution in [-0.2, 0) is 7.05 Å². The van der Waals surface area contributed by atoms with E-state index in [1.54, 1.807) is 0 Å². The average molecular weight is 407 g/mol. The van der Waals surface area contributed by atoms with Crippen molar-refractivity contribution in [1.82, 2.24) is 4.57 Å². The van der Waals surface area contributed by atoms with Crippen LogP contribution in [-0.4, -0.2) is 20.7 Å². The Balaban J connectivity index is 2.39. The van der Waals surface area contributed by atoms with Crippen molar-refractivity contribution in [2.75, 3.05) is 0 Å². The molecular weight excluding hydrogens is 393 g/mol. The third-order valence-corrected chi connectivity index (χ3v) is 4.98. The highest BCUT2D eigenvalue weighted by Crippen LogP contribution is 2.37. The fraction of sp³-hybridized carbons (Fsp3) is 0.118. The molecule has 5 heteroatoms. The maximum absolute atomic E-state index is 11.2. The summed E-state index contributed by atoms with van der Waals surface area (Å²) in [5, 5.41) is 19.9. The number of rotatable bonds is 2. The second kappa shape index (κ2) is 5.31. The van der Waals surface area contributed by atoms with E-state index >= 15 is 0 Å². The Morgan fingerprint density at radius 3 is 2.55 bits per heavy atom. The molecule has 1 heterocycles. The molecule has 0 aliphatic carbocycles. The minimum absolute atomic E-state index is 0.0765. The van der Waals surface area contributed by atoms with Crippen LogP contribution in [0.5, 0.6) is 5.75 Å². The van der Waals surface area contributed by atoms with Crippen molar-refractivity contribution < 1.29 is 15.0 Å². The lowest BCUT2D eigenvalue weighted by Crippen LogP contribution is -1.97. The topological polar surface area (TPSA) is 62.5 Å². The van der Waals surface area contributed by atoms with E-state index in [9.17, 15) is 15.0 Å². The van der Waals surface area contributed by atoms with Crippen LogP contribution >= 0.6 is 22.6 Å². The Morgan fingerprint density at radius 1 is 1.23 bits per heavy atom. The lowest BCUT2D eigenvalue weighted by atomic mass is 10.1. The van der Waals surface area contributed by atoms with E-state index in [1.165, 1.54) is 12.1 Å². The van der Waals surface area contributed by atoms with Crippen LogP contribution in [0.15, 0.2) is 36.4 Å². The zero-order valence-electron chi connectivity index (χ0n) is 12.1. The lowest BCUT2D eigenvalue weighted by molar-refractivity contribution is 0.0694. The van der Waals surface area contributed by atoms with Crippen LogP contribution in [0.4, 0.5) is 0 Å². The van der Waals surface area contributed by atoms with E-state index in [0.29, 0.717) is 0 Å². The molecule has 0 radical (unpaired) electrons. The fourth-order valence-electron chi connectivity index (χ4n) is 2.73. The monoisotopic (exact) mass is 407 g/mol. The number of halogens is 1. The van der Waals surface area contributed by atoms with E-state index in [2.05, 4.69) is 22.6 Å². The van der Waals surface area contributed by atoms with Crippen molar-refractivity contribution in [3.63, 3.8) is 0 Å². The van der Waals surface area contributed by atoms with Gasteiger partial charge in [0.1, 0.15) is 11.3 Å². The highest BCUT2D eigenvalue weighted by atomic mass is 127. The Hall–Kier alpha value is -2.02. The minimum atomic E-state index is -1.13. The third kappa shape index (κ3) is 2.16. The first-order valence-electron chi connectivity index (χ1n) is 6.72. The predicted molar refractivity (Wildman–Crippen MR) is 94.4 cm³/mol. The minimum Gasteiger partial charge on any atom is -0.507 e. The van der Waals surface area contributed by atoms with Crippen molar-refractivity contribution in [3.05, 3.63) is 51.1 Å². The van der Waals surface area contributed by atoms with Gasteiger partial charge in [0.2, 0.25) is 0 Å². The number of phenols is 1. The van der Waals surface area contributed by atoms with Crippen molar-refractivity contribution in [1.29, 1.82) is 0 Å². The summed E-state index contributed by atoms with van der Waals surface area (Å²) in [5.41, 5.74) is 4.00. The number of aromatic hydroxyl groups is 1. The first kappa shape index (κ1) is 14.9. The number of aromatic nitrogens is 1. The normalized spacial score (nSPS) is 11.0.